The summed E-state index contributed by atoms with van der Waals surface area (Å²) in [6, 6.07) is 3.63. The molecule has 1 fully saturated rings. The molecule has 2 amide bonds. The molecule has 1 aromatic carbocycles. The zero-order chi connectivity index (χ0) is 18.6. The van der Waals surface area contributed by atoms with E-state index >= 15 is 0 Å². The third-order valence-electron chi connectivity index (χ3n) is 4.06. The molecule has 0 aliphatic carbocycles. The number of hydrogen-bond donors (Lipinski definition) is 3. The topological polar surface area (TPSA) is 105 Å². The first-order valence-electron chi connectivity index (χ1n) is 7.65. The number of carboxylic acids is 1. The molecule has 0 saturated carbocycles. The molecule has 3 N–H and O–H groups in total. The Balaban J connectivity index is 2.05. The minimum Gasteiger partial charge on any atom is -0.480 e. The Labute approximate surface area is 154 Å². The van der Waals surface area contributed by atoms with Gasteiger partial charge in [-0.25, -0.2) is 4.79 Å². The fourth-order valence-corrected chi connectivity index (χ4v) is 2.86. The summed E-state index contributed by atoms with van der Waals surface area (Å²) in [5, 5.41) is 14.8. The van der Waals surface area contributed by atoms with E-state index in [1.807, 2.05) is 0 Å². The van der Waals surface area contributed by atoms with E-state index in [0.717, 1.165) is 0 Å². The number of amides is 2. The molecule has 0 aromatic heterocycles. The van der Waals surface area contributed by atoms with Crippen molar-refractivity contribution in [1.82, 2.24) is 10.6 Å². The van der Waals surface area contributed by atoms with Gasteiger partial charge < -0.3 is 20.5 Å². The number of halogens is 2. The van der Waals surface area contributed by atoms with Crippen molar-refractivity contribution in [3.8, 4) is 0 Å². The maximum atomic E-state index is 12.4. The van der Waals surface area contributed by atoms with Gasteiger partial charge in [-0.15, -0.1) is 0 Å². The van der Waals surface area contributed by atoms with Gasteiger partial charge in [-0.05, 0) is 19.1 Å². The van der Waals surface area contributed by atoms with Gasteiger partial charge in [0.05, 0.1) is 15.6 Å². The van der Waals surface area contributed by atoms with E-state index in [4.69, 9.17) is 27.9 Å². The second-order valence-corrected chi connectivity index (χ2v) is 6.57. The summed E-state index contributed by atoms with van der Waals surface area (Å²) < 4.78 is 5.15. The summed E-state index contributed by atoms with van der Waals surface area (Å²) in [4.78, 5) is 36.2. The Morgan fingerprint density at radius 1 is 1.24 bits per heavy atom. The summed E-state index contributed by atoms with van der Waals surface area (Å²) in [7, 11) is 0. The molecule has 0 bridgehead atoms. The zero-order valence-electron chi connectivity index (χ0n) is 13.5. The van der Waals surface area contributed by atoms with Crippen molar-refractivity contribution in [2.45, 2.75) is 31.3 Å². The number of hydrogen-bond acceptors (Lipinski definition) is 4. The van der Waals surface area contributed by atoms with Gasteiger partial charge in [0.1, 0.15) is 11.6 Å². The molecule has 1 heterocycles. The molecule has 0 radical (unpaired) electrons. The Morgan fingerprint density at radius 2 is 1.88 bits per heavy atom. The minimum absolute atomic E-state index is 0.0840. The highest BCUT2D eigenvalue weighted by Crippen LogP contribution is 2.25. The normalized spacial score (nSPS) is 17.4. The van der Waals surface area contributed by atoms with Gasteiger partial charge in [-0.1, -0.05) is 29.3 Å². The quantitative estimate of drug-likeness (QED) is 0.713. The number of carbonyl (C=O) groups excluding carboxylic acids is 2. The van der Waals surface area contributed by atoms with Crippen molar-refractivity contribution in [3.05, 3.63) is 33.8 Å². The lowest BCUT2D eigenvalue weighted by Crippen LogP contribution is -2.60. The van der Waals surface area contributed by atoms with Gasteiger partial charge in [0.2, 0.25) is 5.91 Å². The Kier molecular flexibility index (Phi) is 6.26. The van der Waals surface area contributed by atoms with E-state index in [9.17, 15) is 19.5 Å². The number of benzene rings is 1. The van der Waals surface area contributed by atoms with Gasteiger partial charge in [-0.2, -0.15) is 0 Å². The van der Waals surface area contributed by atoms with Crippen LogP contribution in [0, 0.1) is 0 Å². The number of carboxylic acid groups (broad SMARTS) is 1. The molecule has 2 rings (SSSR count). The van der Waals surface area contributed by atoms with E-state index in [2.05, 4.69) is 10.6 Å². The molecule has 7 nitrogen and oxygen atoms in total. The summed E-state index contributed by atoms with van der Waals surface area (Å²) in [6.45, 7) is 1.94. The Hall–Kier alpha value is -1.83. The molecule has 1 aromatic rings. The van der Waals surface area contributed by atoms with Gasteiger partial charge in [0.25, 0.3) is 5.91 Å². The van der Waals surface area contributed by atoms with Crippen LogP contribution in [0.2, 0.25) is 10.0 Å². The zero-order valence-corrected chi connectivity index (χ0v) is 15.0. The first-order chi connectivity index (χ1) is 11.8. The first kappa shape index (κ1) is 19.5. The molecule has 9 heteroatoms. The van der Waals surface area contributed by atoms with Crippen molar-refractivity contribution in [1.29, 1.82) is 0 Å². The minimum atomic E-state index is -1.39. The second kappa shape index (κ2) is 8.03. The number of carbonyl (C=O) groups is 3. The van der Waals surface area contributed by atoms with E-state index in [1.54, 1.807) is 12.1 Å². The van der Waals surface area contributed by atoms with Crippen molar-refractivity contribution in [2.75, 3.05) is 13.2 Å². The fourth-order valence-electron chi connectivity index (χ4n) is 2.48. The number of ether oxygens (including phenoxy) is 1. The average Bonchev–Trinajstić information content (AvgIpc) is 2.57. The van der Waals surface area contributed by atoms with Crippen LogP contribution in [0.3, 0.4) is 0 Å². The number of rotatable bonds is 5. The molecule has 1 saturated heterocycles. The third-order valence-corrected chi connectivity index (χ3v) is 4.87. The van der Waals surface area contributed by atoms with Crippen molar-refractivity contribution in [3.63, 3.8) is 0 Å². The van der Waals surface area contributed by atoms with E-state index < -0.39 is 29.4 Å². The van der Waals surface area contributed by atoms with E-state index in [-0.39, 0.29) is 41.7 Å². The maximum absolute atomic E-state index is 12.4. The van der Waals surface area contributed by atoms with Crippen molar-refractivity contribution < 1.29 is 24.2 Å². The molecule has 0 spiro atoms. The third kappa shape index (κ3) is 4.42. The van der Waals surface area contributed by atoms with Crippen molar-refractivity contribution >= 4 is 41.0 Å². The van der Waals surface area contributed by atoms with Gasteiger partial charge in [0, 0.05) is 26.1 Å². The molecule has 25 heavy (non-hydrogen) atoms. The molecule has 1 unspecified atom stereocenters. The number of aliphatic carboxylic acids is 1. The molecular weight excluding hydrogens is 371 g/mol. The van der Waals surface area contributed by atoms with Gasteiger partial charge >= 0.3 is 5.97 Å². The van der Waals surface area contributed by atoms with Crippen LogP contribution in [-0.2, 0) is 14.3 Å². The van der Waals surface area contributed by atoms with E-state index in [1.165, 1.54) is 13.0 Å². The standard InChI is InChI=1S/C16H18Cl2N2O5/c1-9(19-14(22)10-3-2-4-11(17)12(10)18)13(21)20-16(15(23)24)5-7-25-8-6-16/h2-4,9H,5-8H2,1H3,(H,19,22)(H,20,21)(H,23,24). The largest absolute Gasteiger partial charge is 0.480 e. The van der Waals surface area contributed by atoms with Crippen molar-refractivity contribution in [2.24, 2.45) is 0 Å². The Morgan fingerprint density at radius 3 is 2.48 bits per heavy atom. The van der Waals surface area contributed by atoms with Crippen LogP contribution in [0.1, 0.15) is 30.1 Å². The lowest BCUT2D eigenvalue weighted by molar-refractivity contribution is -0.152. The highest BCUT2D eigenvalue weighted by atomic mass is 35.5. The number of nitrogens with one attached hydrogen (secondary N) is 2. The molecule has 1 aliphatic heterocycles. The summed E-state index contributed by atoms with van der Waals surface area (Å²) >= 11 is 11.9. The predicted molar refractivity (Wildman–Crippen MR) is 92.0 cm³/mol. The van der Waals surface area contributed by atoms with Crippen LogP contribution in [0.25, 0.3) is 0 Å². The van der Waals surface area contributed by atoms with Crippen LogP contribution in [0.15, 0.2) is 18.2 Å². The van der Waals surface area contributed by atoms with Crippen LogP contribution in [0.4, 0.5) is 0 Å². The van der Waals surface area contributed by atoms with E-state index in [0.29, 0.717) is 0 Å². The Bertz CT molecular complexity index is 689. The van der Waals surface area contributed by atoms with Crippen LogP contribution >= 0.6 is 23.2 Å². The summed E-state index contributed by atoms with van der Waals surface area (Å²) in [5.41, 5.74) is -1.25. The fraction of sp³-hybridized carbons (Fsp3) is 0.438. The molecular formula is C16H18Cl2N2O5. The first-order valence-corrected chi connectivity index (χ1v) is 8.40. The highest BCUT2D eigenvalue weighted by Gasteiger charge is 2.42. The van der Waals surface area contributed by atoms with Crippen LogP contribution < -0.4 is 10.6 Å². The summed E-state index contributed by atoms with van der Waals surface area (Å²) in [5.74, 6) is -2.30. The lowest BCUT2D eigenvalue weighted by atomic mass is 9.90. The summed E-state index contributed by atoms with van der Waals surface area (Å²) in [6.07, 6.45) is 0.323. The molecule has 1 aliphatic rings. The van der Waals surface area contributed by atoms with Crippen LogP contribution in [-0.4, -0.2) is 47.7 Å². The highest BCUT2D eigenvalue weighted by molar-refractivity contribution is 6.43. The lowest BCUT2D eigenvalue weighted by Gasteiger charge is -2.34. The maximum Gasteiger partial charge on any atom is 0.329 e. The monoisotopic (exact) mass is 388 g/mol. The van der Waals surface area contributed by atoms with Gasteiger partial charge in [0.15, 0.2) is 0 Å². The van der Waals surface area contributed by atoms with Crippen LogP contribution in [0.5, 0.6) is 0 Å². The molecule has 136 valence electrons. The smallest absolute Gasteiger partial charge is 0.329 e. The average molecular weight is 389 g/mol. The second-order valence-electron chi connectivity index (χ2n) is 5.79. The predicted octanol–water partition coefficient (Wildman–Crippen LogP) is 1.86. The molecule has 1 atom stereocenters. The SMILES string of the molecule is CC(NC(=O)c1cccc(Cl)c1Cl)C(=O)NC1(C(=O)O)CCOCC1. The van der Waals surface area contributed by atoms with Gasteiger partial charge in [-0.3, -0.25) is 9.59 Å².